The Morgan fingerprint density at radius 2 is 1.75 bits per heavy atom. The lowest BCUT2D eigenvalue weighted by Crippen LogP contribution is -2.63. The number of amides is 3. The van der Waals surface area contributed by atoms with E-state index in [9.17, 15) is 24.6 Å². The Morgan fingerprint density at radius 3 is 2.40 bits per heavy atom. The second-order valence-corrected chi connectivity index (χ2v) is 16.4. The molecule has 0 radical (unpaired) electrons. The van der Waals surface area contributed by atoms with Crippen LogP contribution in [0.2, 0.25) is 0 Å². The topological polar surface area (TPSA) is 157 Å². The fraction of sp³-hybridized carbons (Fsp3) is 0.526. The van der Waals surface area contributed by atoms with Crippen LogP contribution in [-0.4, -0.2) is 111 Å². The Balaban J connectivity index is 1.36. The van der Waals surface area contributed by atoms with Gasteiger partial charge in [0.05, 0.1) is 29.9 Å². The van der Waals surface area contributed by atoms with Crippen LogP contribution in [-0.2, 0) is 29.1 Å². The van der Waals surface area contributed by atoms with E-state index in [0.29, 0.717) is 49.8 Å². The van der Waals surface area contributed by atoms with Crippen LogP contribution >= 0.6 is 11.3 Å². The average Bonchev–Trinajstić information content (AvgIpc) is 3.76. The van der Waals surface area contributed by atoms with E-state index in [1.54, 1.807) is 10.9 Å². The van der Waals surface area contributed by atoms with Crippen LogP contribution in [0.5, 0.6) is 11.5 Å². The number of piperazine rings is 1. The van der Waals surface area contributed by atoms with Crippen molar-refractivity contribution >= 4 is 29.2 Å². The van der Waals surface area contributed by atoms with Gasteiger partial charge in [-0.15, -0.1) is 11.3 Å². The molecule has 14 heteroatoms. The molecule has 0 saturated carbocycles. The SMILES string of the molecule is CC(C)(C)NC(=O)[C@@H]1CN(Cc2ccc3c(c2)OCO3)CCN1C[C@@H](O)[C@H](Cc1ccccc1)NC(=O)[C@@H](N(Cc1cscn1)C(=O)O)C(C)(C)C. The van der Waals surface area contributed by atoms with E-state index in [0.717, 1.165) is 16.0 Å². The van der Waals surface area contributed by atoms with E-state index in [-0.39, 0.29) is 25.8 Å². The van der Waals surface area contributed by atoms with Gasteiger partial charge in [0.15, 0.2) is 11.5 Å². The molecule has 3 aromatic rings. The molecule has 1 saturated heterocycles. The number of carboxylic acid groups (broad SMARTS) is 1. The van der Waals surface area contributed by atoms with Gasteiger partial charge >= 0.3 is 6.09 Å². The van der Waals surface area contributed by atoms with Gasteiger partial charge in [0.2, 0.25) is 18.6 Å². The third-order valence-electron chi connectivity index (χ3n) is 9.17. The minimum Gasteiger partial charge on any atom is -0.465 e. The van der Waals surface area contributed by atoms with E-state index in [1.807, 2.05) is 95.0 Å². The molecule has 3 heterocycles. The molecule has 1 aromatic heterocycles. The molecule has 13 nitrogen and oxygen atoms in total. The monoisotopic (exact) mass is 736 g/mol. The number of nitrogens with zero attached hydrogens (tertiary/aromatic N) is 4. The van der Waals surface area contributed by atoms with Crippen LogP contribution in [0.1, 0.15) is 58.4 Å². The van der Waals surface area contributed by atoms with E-state index in [2.05, 4.69) is 20.5 Å². The van der Waals surface area contributed by atoms with E-state index in [4.69, 9.17) is 9.47 Å². The molecule has 0 unspecified atom stereocenters. The first kappa shape index (κ1) is 39.0. The Morgan fingerprint density at radius 1 is 1.02 bits per heavy atom. The highest BCUT2D eigenvalue weighted by Crippen LogP contribution is 2.33. The highest BCUT2D eigenvalue weighted by Gasteiger charge is 2.42. The summed E-state index contributed by atoms with van der Waals surface area (Å²) in [5.74, 6) is 0.758. The lowest BCUT2D eigenvalue weighted by Gasteiger charge is -2.43. The number of aromatic nitrogens is 1. The number of thiazole rings is 1. The number of hydrogen-bond acceptors (Lipinski definition) is 10. The molecule has 2 aromatic carbocycles. The van der Waals surface area contributed by atoms with E-state index < -0.39 is 47.2 Å². The van der Waals surface area contributed by atoms with E-state index in [1.165, 1.54) is 11.3 Å². The molecule has 52 heavy (non-hydrogen) atoms. The standard InChI is InChI=1S/C38H52N6O7S/c1-37(2,3)33(44(36(48)49)19-27-22-52-23-39-27)35(47)40-28(16-25-10-8-7-9-11-25)30(45)21-43-15-14-42(20-29(43)34(46)41-38(4,5)6)18-26-12-13-31-32(17-26)51-24-50-31/h7-13,17,22-23,28-30,33,45H,14-16,18-21,24H2,1-6H3,(H,40,47)(H,41,46)(H,48,49)/t28-,29-,30+,33+/m0/s1. The van der Waals surface area contributed by atoms with Crippen LogP contribution in [0.25, 0.3) is 0 Å². The van der Waals surface area contributed by atoms with Crippen LogP contribution in [0.15, 0.2) is 59.4 Å². The summed E-state index contributed by atoms with van der Waals surface area (Å²) in [5, 5.41) is 30.2. The number of carbonyl (C=O) groups is 3. The lowest BCUT2D eigenvalue weighted by molar-refractivity contribution is -0.134. The molecule has 3 amide bonds. The van der Waals surface area contributed by atoms with Crippen molar-refractivity contribution in [2.45, 2.75) is 90.8 Å². The fourth-order valence-corrected chi connectivity index (χ4v) is 7.33. The van der Waals surface area contributed by atoms with Crippen molar-refractivity contribution in [3.8, 4) is 11.5 Å². The molecule has 0 aliphatic carbocycles. The van der Waals surface area contributed by atoms with Gasteiger partial charge in [0.25, 0.3) is 0 Å². The summed E-state index contributed by atoms with van der Waals surface area (Å²) in [6.07, 6.45) is -2.03. The first-order valence-corrected chi connectivity index (χ1v) is 18.6. The smallest absolute Gasteiger partial charge is 0.408 e. The molecule has 2 aliphatic rings. The summed E-state index contributed by atoms with van der Waals surface area (Å²) >= 11 is 1.35. The maximum atomic E-state index is 14.2. The van der Waals surface area contributed by atoms with Gasteiger partial charge in [-0.3, -0.25) is 24.3 Å². The Bertz CT molecular complexity index is 1660. The van der Waals surface area contributed by atoms with Gasteiger partial charge in [-0.25, -0.2) is 9.78 Å². The molecular weight excluding hydrogens is 685 g/mol. The summed E-state index contributed by atoms with van der Waals surface area (Å²) in [5.41, 5.74) is 2.85. The number of β-amino-alcohol motifs (C(OH)–C–C–N with tert-alkyl or cyclic N) is 1. The number of rotatable bonds is 13. The minimum absolute atomic E-state index is 0.0544. The predicted molar refractivity (Wildman–Crippen MR) is 198 cm³/mol. The van der Waals surface area contributed by atoms with E-state index >= 15 is 0 Å². The average molecular weight is 737 g/mol. The number of carbonyl (C=O) groups excluding carboxylic acids is 2. The first-order chi connectivity index (χ1) is 24.6. The Labute approximate surface area is 309 Å². The summed E-state index contributed by atoms with van der Waals surface area (Å²) in [6.45, 7) is 13.7. The molecule has 0 spiro atoms. The van der Waals surface area contributed by atoms with Gasteiger partial charge in [0.1, 0.15) is 12.1 Å². The maximum Gasteiger partial charge on any atom is 0.408 e. The zero-order chi connectivity index (χ0) is 37.6. The van der Waals surface area contributed by atoms with Crippen LogP contribution in [0.3, 0.4) is 0 Å². The number of fused-ring (bicyclic) bond motifs is 1. The number of aliphatic hydroxyl groups excluding tert-OH is 1. The number of hydrogen-bond donors (Lipinski definition) is 4. The maximum absolute atomic E-state index is 14.2. The summed E-state index contributed by atoms with van der Waals surface area (Å²) < 4.78 is 11.0. The van der Waals surface area contributed by atoms with Crippen molar-refractivity contribution in [2.75, 3.05) is 33.0 Å². The highest BCUT2D eigenvalue weighted by atomic mass is 32.1. The number of ether oxygens (including phenoxy) is 2. The number of aliphatic hydroxyl groups is 1. The normalized spacial score (nSPS) is 18.3. The van der Waals surface area contributed by atoms with Crippen LogP contribution < -0.4 is 20.1 Å². The van der Waals surface area contributed by atoms with Crippen LogP contribution in [0.4, 0.5) is 4.79 Å². The third-order valence-corrected chi connectivity index (χ3v) is 9.81. The first-order valence-electron chi connectivity index (χ1n) is 17.6. The highest BCUT2D eigenvalue weighted by molar-refractivity contribution is 7.07. The van der Waals surface area contributed by atoms with Crippen molar-refractivity contribution in [1.82, 2.24) is 30.3 Å². The largest absolute Gasteiger partial charge is 0.465 e. The summed E-state index contributed by atoms with van der Waals surface area (Å²) in [7, 11) is 0. The predicted octanol–water partition coefficient (Wildman–Crippen LogP) is 3.96. The van der Waals surface area contributed by atoms with Gasteiger partial charge < -0.3 is 30.3 Å². The van der Waals surface area contributed by atoms with Gasteiger partial charge in [-0.05, 0) is 55.9 Å². The zero-order valence-electron chi connectivity index (χ0n) is 30.9. The lowest BCUT2D eigenvalue weighted by atomic mass is 9.84. The van der Waals surface area contributed by atoms with Gasteiger partial charge in [-0.1, -0.05) is 57.2 Å². The van der Waals surface area contributed by atoms with Crippen molar-refractivity contribution in [3.63, 3.8) is 0 Å². The molecule has 1 fully saturated rings. The fourth-order valence-electron chi connectivity index (χ4n) is 6.78. The molecule has 2 aliphatic heterocycles. The Hall–Kier alpha value is -4.24. The molecular formula is C38H52N6O7S. The van der Waals surface area contributed by atoms with Crippen molar-refractivity contribution < 1.29 is 34.1 Å². The quantitative estimate of drug-likeness (QED) is 0.203. The Kier molecular flexibility index (Phi) is 12.5. The number of benzene rings is 2. The zero-order valence-corrected chi connectivity index (χ0v) is 31.7. The molecule has 0 bridgehead atoms. The molecule has 282 valence electrons. The minimum atomic E-state index is -1.24. The van der Waals surface area contributed by atoms with Crippen molar-refractivity contribution in [3.05, 3.63) is 76.2 Å². The number of nitrogens with one attached hydrogen (secondary N) is 2. The molecule has 5 rings (SSSR count). The van der Waals surface area contributed by atoms with Crippen LogP contribution in [0, 0.1) is 5.41 Å². The molecule has 4 atom stereocenters. The van der Waals surface area contributed by atoms with Crippen molar-refractivity contribution in [2.24, 2.45) is 5.41 Å². The third kappa shape index (κ3) is 10.4. The second kappa shape index (κ2) is 16.6. The van der Waals surface area contributed by atoms with Gasteiger partial charge in [0, 0.05) is 43.6 Å². The second-order valence-electron chi connectivity index (χ2n) is 15.7. The van der Waals surface area contributed by atoms with Crippen molar-refractivity contribution in [1.29, 1.82) is 0 Å². The molecule has 4 N–H and O–H groups in total. The summed E-state index contributed by atoms with van der Waals surface area (Å²) in [4.78, 5) is 50.2. The summed E-state index contributed by atoms with van der Waals surface area (Å²) in [6, 6.07) is 12.9. The van der Waals surface area contributed by atoms with Gasteiger partial charge in [-0.2, -0.15) is 0 Å².